The van der Waals surface area contributed by atoms with Crippen LogP contribution in [0.3, 0.4) is 0 Å². The van der Waals surface area contributed by atoms with E-state index in [4.69, 9.17) is 4.74 Å². The molecule has 0 spiro atoms. The van der Waals surface area contributed by atoms with Crippen molar-refractivity contribution < 1.29 is 14.6 Å². The predicted molar refractivity (Wildman–Crippen MR) is 83.5 cm³/mol. The number of hydrogen-bond acceptors (Lipinski definition) is 3. The Morgan fingerprint density at radius 1 is 1.29 bits per heavy atom. The summed E-state index contributed by atoms with van der Waals surface area (Å²) >= 11 is 0. The second-order valence-electron chi connectivity index (χ2n) is 5.56. The maximum Gasteiger partial charge on any atom is 0.315 e. The number of methoxy groups -OCH3 is 1. The number of carbonyl (C=O) groups excluding carboxylic acids is 1. The van der Waals surface area contributed by atoms with E-state index in [2.05, 4.69) is 42.7 Å². The van der Waals surface area contributed by atoms with Gasteiger partial charge in [-0.1, -0.05) is 29.3 Å². The van der Waals surface area contributed by atoms with E-state index >= 15 is 0 Å². The highest BCUT2D eigenvalue weighted by atomic mass is 16.5. The SMILES string of the molecule is COCC(O)CNC(=O)NC(C)Cc1cc(C)cc(C)c1. The van der Waals surface area contributed by atoms with Crippen LogP contribution in [0.4, 0.5) is 4.79 Å². The number of aliphatic hydroxyl groups is 1. The lowest BCUT2D eigenvalue weighted by Gasteiger charge is -2.17. The molecule has 2 amide bonds. The highest BCUT2D eigenvalue weighted by molar-refractivity contribution is 5.74. The molecule has 0 fully saturated rings. The molecule has 0 heterocycles. The standard InChI is InChI=1S/C16H26N2O3/c1-11-5-12(2)7-14(6-11)8-13(3)18-16(20)17-9-15(19)10-21-4/h5-7,13,15,19H,8-10H2,1-4H3,(H2,17,18,20). The Labute approximate surface area is 126 Å². The van der Waals surface area contributed by atoms with Gasteiger partial charge < -0.3 is 20.5 Å². The van der Waals surface area contributed by atoms with E-state index < -0.39 is 6.10 Å². The van der Waals surface area contributed by atoms with Crippen LogP contribution in [0.1, 0.15) is 23.6 Å². The normalized spacial score (nSPS) is 13.6. The number of urea groups is 1. The molecular formula is C16H26N2O3. The van der Waals surface area contributed by atoms with Gasteiger partial charge in [0.15, 0.2) is 0 Å². The third-order valence-electron chi connectivity index (χ3n) is 3.06. The molecule has 21 heavy (non-hydrogen) atoms. The monoisotopic (exact) mass is 294 g/mol. The van der Waals surface area contributed by atoms with Gasteiger partial charge in [0, 0.05) is 19.7 Å². The molecule has 0 saturated carbocycles. The van der Waals surface area contributed by atoms with Gasteiger partial charge in [-0.05, 0) is 32.8 Å². The zero-order valence-corrected chi connectivity index (χ0v) is 13.3. The fraction of sp³-hybridized carbons (Fsp3) is 0.562. The van der Waals surface area contributed by atoms with E-state index in [1.165, 1.54) is 23.8 Å². The van der Waals surface area contributed by atoms with E-state index in [9.17, 15) is 9.90 Å². The van der Waals surface area contributed by atoms with E-state index in [-0.39, 0.29) is 25.2 Å². The second-order valence-corrected chi connectivity index (χ2v) is 5.56. The Hall–Kier alpha value is -1.59. The first-order valence-electron chi connectivity index (χ1n) is 7.19. The van der Waals surface area contributed by atoms with Crippen molar-refractivity contribution in [3.05, 3.63) is 34.9 Å². The molecule has 0 aliphatic carbocycles. The van der Waals surface area contributed by atoms with E-state index in [0.29, 0.717) is 0 Å². The molecule has 0 aromatic heterocycles. The maximum absolute atomic E-state index is 11.7. The summed E-state index contributed by atoms with van der Waals surface area (Å²) in [7, 11) is 1.51. The molecule has 0 saturated heterocycles. The van der Waals surface area contributed by atoms with Gasteiger partial charge in [-0.15, -0.1) is 0 Å². The van der Waals surface area contributed by atoms with Crippen molar-refractivity contribution in [3.63, 3.8) is 0 Å². The number of carbonyl (C=O) groups is 1. The fourth-order valence-electron chi connectivity index (χ4n) is 2.33. The molecule has 0 aliphatic rings. The summed E-state index contributed by atoms with van der Waals surface area (Å²) in [6, 6.07) is 6.13. The van der Waals surface area contributed by atoms with Crippen LogP contribution in [0.2, 0.25) is 0 Å². The minimum absolute atomic E-state index is 0.0192. The van der Waals surface area contributed by atoms with Gasteiger partial charge in [-0.25, -0.2) is 4.79 Å². The molecule has 1 rings (SSSR count). The summed E-state index contributed by atoms with van der Waals surface area (Å²) < 4.78 is 4.80. The Bertz CT molecular complexity index is 443. The average molecular weight is 294 g/mol. The third kappa shape index (κ3) is 7.11. The molecule has 2 atom stereocenters. The Morgan fingerprint density at radius 2 is 1.90 bits per heavy atom. The summed E-state index contributed by atoms with van der Waals surface area (Å²) in [5.41, 5.74) is 3.66. The quantitative estimate of drug-likeness (QED) is 0.714. The Morgan fingerprint density at radius 3 is 2.48 bits per heavy atom. The van der Waals surface area contributed by atoms with Gasteiger partial charge in [0.2, 0.25) is 0 Å². The molecule has 0 aliphatic heterocycles. The predicted octanol–water partition coefficient (Wildman–Crippen LogP) is 1.54. The van der Waals surface area contributed by atoms with Crippen LogP contribution in [0.5, 0.6) is 0 Å². The zero-order chi connectivity index (χ0) is 15.8. The highest BCUT2D eigenvalue weighted by Gasteiger charge is 2.10. The van der Waals surface area contributed by atoms with Gasteiger partial charge in [0.25, 0.3) is 0 Å². The number of rotatable bonds is 7. The highest BCUT2D eigenvalue weighted by Crippen LogP contribution is 2.10. The minimum atomic E-state index is -0.685. The van der Waals surface area contributed by atoms with Crippen molar-refractivity contribution in [2.75, 3.05) is 20.3 Å². The van der Waals surface area contributed by atoms with Crippen molar-refractivity contribution in [2.24, 2.45) is 0 Å². The van der Waals surface area contributed by atoms with E-state index in [0.717, 1.165) is 6.42 Å². The smallest absolute Gasteiger partial charge is 0.315 e. The molecule has 0 bridgehead atoms. The number of aliphatic hydroxyl groups excluding tert-OH is 1. The van der Waals surface area contributed by atoms with Crippen molar-refractivity contribution in [2.45, 2.75) is 39.3 Å². The maximum atomic E-state index is 11.7. The number of aryl methyl sites for hydroxylation is 2. The molecular weight excluding hydrogens is 268 g/mol. The minimum Gasteiger partial charge on any atom is -0.389 e. The number of benzene rings is 1. The van der Waals surface area contributed by atoms with Crippen molar-refractivity contribution in [3.8, 4) is 0 Å². The van der Waals surface area contributed by atoms with Gasteiger partial charge in [0.05, 0.1) is 12.7 Å². The molecule has 5 nitrogen and oxygen atoms in total. The van der Waals surface area contributed by atoms with Crippen LogP contribution in [0.15, 0.2) is 18.2 Å². The molecule has 118 valence electrons. The lowest BCUT2D eigenvalue weighted by atomic mass is 10.0. The Kier molecular flexibility index (Phi) is 7.19. The fourth-order valence-corrected chi connectivity index (χ4v) is 2.33. The third-order valence-corrected chi connectivity index (χ3v) is 3.06. The molecule has 5 heteroatoms. The molecule has 3 N–H and O–H groups in total. The van der Waals surface area contributed by atoms with E-state index in [1.54, 1.807) is 0 Å². The first-order chi connectivity index (χ1) is 9.90. The van der Waals surface area contributed by atoms with E-state index in [1.807, 2.05) is 6.92 Å². The summed E-state index contributed by atoms with van der Waals surface area (Å²) in [6.45, 7) is 6.48. The molecule has 1 aromatic rings. The van der Waals surface area contributed by atoms with Crippen molar-refractivity contribution in [1.82, 2.24) is 10.6 Å². The van der Waals surface area contributed by atoms with Crippen LogP contribution in [0, 0.1) is 13.8 Å². The largest absolute Gasteiger partial charge is 0.389 e. The molecule has 1 aromatic carbocycles. The zero-order valence-electron chi connectivity index (χ0n) is 13.3. The number of hydrogen-bond donors (Lipinski definition) is 3. The van der Waals surface area contributed by atoms with Crippen LogP contribution in [-0.4, -0.2) is 43.5 Å². The van der Waals surface area contributed by atoms with Gasteiger partial charge in [0.1, 0.15) is 0 Å². The number of amides is 2. The first-order valence-corrected chi connectivity index (χ1v) is 7.19. The van der Waals surface area contributed by atoms with Crippen LogP contribution in [-0.2, 0) is 11.2 Å². The summed E-state index contributed by atoms with van der Waals surface area (Å²) in [6.07, 6.45) is 0.0896. The van der Waals surface area contributed by atoms with Gasteiger partial charge in [-0.2, -0.15) is 0 Å². The lowest BCUT2D eigenvalue weighted by Crippen LogP contribution is -2.44. The van der Waals surface area contributed by atoms with Crippen molar-refractivity contribution in [1.29, 1.82) is 0 Å². The van der Waals surface area contributed by atoms with Crippen LogP contribution < -0.4 is 10.6 Å². The summed E-state index contributed by atoms with van der Waals surface area (Å²) in [5.74, 6) is 0. The lowest BCUT2D eigenvalue weighted by molar-refractivity contribution is 0.0659. The summed E-state index contributed by atoms with van der Waals surface area (Å²) in [5, 5.41) is 15.0. The molecule has 0 radical (unpaired) electrons. The topological polar surface area (TPSA) is 70.6 Å². The van der Waals surface area contributed by atoms with Crippen molar-refractivity contribution >= 4 is 6.03 Å². The summed E-state index contributed by atoms with van der Waals surface area (Å²) in [4.78, 5) is 11.7. The van der Waals surface area contributed by atoms with Gasteiger partial charge in [-0.3, -0.25) is 0 Å². The van der Waals surface area contributed by atoms with Crippen LogP contribution in [0.25, 0.3) is 0 Å². The number of nitrogens with one attached hydrogen (secondary N) is 2. The average Bonchev–Trinajstić information content (AvgIpc) is 2.35. The first kappa shape index (κ1) is 17.5. The second kappa shape index (κ2) is 8.64. The Balaban J connectivity index is 2.38. The number of ether oxygens (including phenoxy) is 1. The molecule has 2 unspecified atom stereocenters. The van der Waals surface area contributed by atoms with Crippen LogP contribution >= 0.6 is 0 Å². The van der Waals surface area contributed by atoms with Gasteiger partial charge >= 0.3 is 6.03 Å².